The van der Waals surface area contributed by atoms with Gasteiger partial charge in [0.25, 0.3) is 0 Å². The molecule has 0 bridgehead atoms. The summed E-state index contributed by atoms with van der Waals surface area (Å²) >= 11 is 3.37. The number of nitrogens with zero attached hydrogens (tertiary/aromatic N) is 2. The molecule has 1 heterocycles. The summed E-state index contributed by atoms with van der Waals surface area (Å²) in [6.45, 7) is 2.82. The molecule has 2 rings (SSSR count). The predicted octanol–water partition coefficient (Wildman–Crippen LogP) is 3.27. The Morgan fingerprint density at radius 3 is 2.89 bits per heavy atom. The predicted molar refractivity (Wildman–Crippen MR) is 76.3 cm³/mol. The lowest BCUT2D eigenvalue weighted by molar-refractivity contribution is 0.517. The molecule has 1 aromatic carbocycles. The van der Waals surface area contributed by atoms with Crippen molar-refractivity contribution in [3.63, 3.8) is 0 Å². The topological polar surface area (TPSA) is 37.8 Å². The van der Waals surface area contributed by atoms with Crippen molar-refractivity contribution in [2.75, 3.05) is 6.54 Å². The molecule has 3 nitrogen and oxygen atoms in total. The van der Waals surface area contributed by atoms with E-state index in [0.29, 0.717) is 12.0 Å². The third-order valence-electron chi connectivity index (χ3n) is 2.84. The molecule has 19 heavy (non-hydrogen) atoms. The summed E-state index contributed by atoms with van der Waals surface area (Å²) in [6.07, 6.45) is 3.76. The van der Waals surface area contributed by atoms with Gasteiger partial charge < -0.3 is 5.32 Å². The Hall–Kier alpha value is -1.33. The van der Waals surface area contributed by atoms with Gasteiger partial charge in [0.15, 0.2) is 0 Å². The number of halogens is 2. The van der Waals surface area contributed by atoms with Crippen LogP contribution in [0.3, 0.4) is 0 Å². The summed E-state index contributed by atoms with van der Waals surface area (Å²) in [5.74, 6) is -0.194. The highest BCUT2D eigenvalue weighted by atomic mass is 79.9. The first-order valence-electron chi connectivity index (χ1n) is 6.14. The first-order chi connectivity index (χ1) is 9.20. The quantitative estimate of drug-likeness (QED) is 0.917. The molecule has 2 aromatic rings. The fourth-order valence-electron chi connectivity index (χ4n) is 1.95. The van der Waals surface area contributed by atoms with Crippen LogP contribution in [0.25, 0.3) is 0 Å². The summed E-state index contributed by atoms with van der Waals surface area (Å²) in [6, 6.07) is 6.81. The van der Waals surface area contributed by atoms with E-state index in [9.17, 15) is 4.39 Å². The number of rotatable bonds is 5. The maximum absolute atomic E-state index is 13.8. The molecular formula is C14H15BrFN3. The fraction of sp³-hybridized carbons (Fsp3) is 0.286. The standard InChI is InChI=1S/C14H15BrFN3/c1-2-18-14(13-5-6-17-9-19-13)8-10-7-11(15)3-4-12(10)16/h3-7,9,14,18H,2,8H2,1H3. The second kappa shape index (κ2) is 6.73. The SMILES string of the molecule is CCNC(Cc1cc(Br)ccc1F)c1ccncn1. The highest BCUT2D eigenvalue weighted by Gasteiger charge is 2.15. The summed E-state index contributed by atoms with van der Waals surface area (Å²) in [5.41, 5.74) is 1.54. The van der Waals surface area contributed by atoms with Crippen LogP contribution in [-0.4, -0.2) is 16.5 Å². The van der Waals surface area contributed by atoms with Crippen LogP contribution in [0.1, 0.15) is 24.2 Å². The average molecular weight is 324 g/mol. The van der Waals surface area contributed by atoms with Gasteiger partial charge in [-0.2, -0.15) is 0 Å². The zero-order valence-corrected chi connectivity index (χ0v) is 12.2. The molecule has 5 heteroatoms. The Bertz CT molecular complexity index is 533. The van der Waals surface area contributed by atoms with Crippen molar-refractivity contribution in [1.29, 1.82) is 0 Å². The molecule has 0 spiro atoms. The molecule has 0 aliphatic rings. The van der Waals surface area contributed by atoms with Crippen LogP contribution in [0, 0.1) is 5.82 Å². The fourth-order valence-corrected chi connectivity index (χ4v) is 2.36. The Balaban J connectivity index is 2.24. The molecule has 100 valence electrons. The van der Waals surface area contributed by atoms with E-state index in [1.165, 1.54) is 12.4 Å². The van der Waals surface area contributed by atoms with Gasteiger partial charge in [-0.05, 0) is 42.8 Å². The van der Waals surface area contributed by atoms with Gasteiger partial charge in [0.05, 0.1) is 11.7 Å². The van der Waals surface area contributed by atoms with Gasteiger partial charge >= 0.3 is 0 Å². The van der Waals surface area contributed by atoms with Crippen molar-refractivity contribution in [2.24, 2.45) is 0 Å². The molecule has 0 saturated carbocycles. The number of benzene rings is 1. The van der Waals surface area contributed by atoms with E-state index in [-0.39, 0.29) is 11.9 Å². The Morgan fingerprint density at radius 2 is 2.21 bits per heavy atom. The van der Waals surface area contributed by atoms with E-state index in [0.717, 1.165) is 16.7 Å². The number of likely N-dealkylation sites (N-methyl/N-ethyl adjacent to an activating group) is 1. The first-order valence-corrected chi connectivity index (χ1v) is 6.93. The van der Waals surface area contributed by atoms with E-state index in [1.54, 1.807) is 18.3 Å². The molecule has 0 aliphatic heterocycles. The Kier molecular flexibility index (Phi) is 4.99. The van der Waals surface area contributed by atoms with Gasteiger partial charge in [-0.3, -0.25) is 0 Å². The molecular weight excluding hydrogens is 309 g/mol. The molecule has 0 saturated heterocycles. The lowest BCUT2D eigenvalue weighted by Crippen LogP contribution is -2.24. The second-order valence-corrected chi connectivity index (χ2v) is 5.10. The second-order valence-electron chi connectivity index (χ2n) is 4.18. The number of hydrogen-bond acceptors (Lipinski definition) is 3. The summed E-state index contributed by atoms with van der Waals surface area (Å²) in [4.78, 5) is 8.14. The van der Waals surface area contributed by atoms with Crippen molar-refractivity contribution in [3.05, 3.63) is 58.3 Å². The van der Waals surface area contributed by atoms with E-state index in [1.807, 2.05) is 13.0 Å². The molecule has 1 aromatic heterocycles. The largest absolute Gasteiger partial charge is 0.309 e. The van der Waals surface area contributed by atoms with Gasteiger partial charge in [0, 0.05) is 10.7 Å². The maximum atomic E-state index is 13.8. The van der Waals surface area contributed by atoms with Crippen molar-refractivity contribution in [1.82, 2.24) is 15.3 Å². The lowest BCUT2D eigenvalue weighted by Gasteiger charge is -2.17. The molecule has 0 amide bonds. The van der Waals surface area contributed by atoms with Crippen LogP contribution in [0.15, 0.2) is 41.3 Å². The summed E-state index contributed by atoms with van der Waals surface area (Å²) in [7, 11) is 0. The smallest absolute Gasteiger partial charge is 0.126 e. The first kappa shape index (κ1) is 14.1. The van der Waals surface area contributed by atoms with Gasteiger partial charge in [-0.1, -0.05) is 22.9 Å². The minimum Gasteiger partial charge on any atom is -0.309 e. The van der Waals surface area contributed by atoms with Crippen molar-refractivity contribution in [3.8, 4) is 0 Å². The van der Waals surface area contributed by atoms with Crippen molar-refractivity contribution in [2.45, 2.75) is 19.4 Å². The third kappa shape index (κ3) is 3.81. The molecule has 0 aliphatic carbocycles. The number of nitrogens with one attached hydrogen (secondary N) is 1. The Labute approximate surface area is 120 Å². The zero-order valence-electron chi connectivity index (χ0n) is 10.6. The monoisotopic (exact) mass is 323 g/mol. The summed E-state index contributed by atoms with van der Waals surface area (Å²) in [5, 5.41) is 3.32. The lowest BCUT2D eigenvalue weighted by atomic mass is 10.0. The van der Waals surface area contributed by atoms with Gasteiger partial charge in [-0.25, -0.2) is 14.4 Å². The van der Waals surface area contributed by atoms with Crippen LogP contribution >= 0.6 is 15.9 Å². The van der Waals surface area contributed by atoms with E-state index < -0.39 is 0 Å². The highest BCUT2D eigenvalue weighted by Crippen LogP contribution is 2.21. The van der Waals surface area contributed by atoms with E-state index in [2.05, 4.69) is 31.2 Å². The maximum Gasteiger partial charge on any atom is 0.126 e. The van der Waals surface area contributed by atoms with Crippen LogP contribution in [0.5, 0.6) is 0 Å². The van der Waals surface area contributed by atoms with E-state index in [4.69, 9.17) is 0 Å². The van der Waals surface area contributed by atoms with Gasteiger partial charge in [0.2, 0.25) is 0 Å². The Morgan fingerprint density at radius 1 is 1.37 bits per heavy atom. The molecule has 1 N–H and O–H groups in total. The number of aromatic nitrogens is 2. The average Bonchev–Trinajstić information content (AvgIpc) is 2.43. The molecule has 0 fully saturated rings. The molecule has 1 atom stereocenters. The normalized spacial score (nSPS) is 12.4. The molecule has 1 unspecified atom stereocenters. The molecule has 0 radical (unpaired) electrons. The van der Waals surface area contributed by atoms with Crippen LogP contribution in [0.2, 0.25) is 0 Å². The highest BCUT2D eigenvalue weighted by molar-refractivity contribution is 9.10. The van der Waals surface area contributed by atoms with Crippen molar-refractivity contribution >= 4 is 15.9 Å². The minimum atomic E-state index is -0.194. The van der Waals surface area contributed by atoms with Crippen LogP contribution in [-0.2, 0) is 6.42 Å². The van der Waals surface area contributed by atoms with Gasteiger partial charge in [0.1, 0.15) is 12.1 Å². The van der Waals surface area contributed by atoms with E-state index >= 15 is 0 Å². The van der Waals surface area contributed by atoms with Crippen molar-refractivity contribution < 1.29 is 4.39 Å². The minimum absolute atomic E-state index is 0.0169. The summed E-state index contributed by atoms with van der Waals surface area (Å²) < 4.78 is 14.7. The number of hydrogen-bond donors (Lipinski definition) is 1. The third-order valence-corrected chi connectivity index (χ3v) is 3.34. The zero-order chi connectivity index (χ0) is 13.7. The van der Waals surface area contributed by atoms with Gasteiger partial charge in [-0.15, -0.1) is 0 Å². The van der Waals surface area contributed by atoms with Crippen LogP contribution < -0.4 is 5.32 Å². The van der Waals surface area contributed by atoms with Crippen LogP contribution in [0.4, 0.5) is 4.39 Å².